The third-order valence-electron chi connectivity index (χ3n) is 1.46. The van der Waals surface area contributed by atoms with E-state index in [4.69, 9.17) is 0 Å². The van der Waals surface area contributed by atoms with Crippen LogP contribution in [0.4, 0.5) is 4.79 Å². The quantitative estimate of drug-likeness (QED) is 0.728. The molecule has 0 fully saturated rings. The van der Waals surface area contributed by atoms with Gasteiger partial charge in [0.05, 0.1) is 0 Å². The fourth-order valence-electron chi connectivity index (χ4n) is 0.842. The van der Waals surface area contributed by atoms with Gasteiger partial charge in [-0.2, -0.15) is 0 Å². The lowest BCUT2D eigenvalue weighted by molar-refractivity contribution is 0.243. The van der Waals surface area contributed by atoms with Gasteiger partial charge >= 0.3 is 6.03 Å². The van der Waals surface area contributed by atoms with Crippen molar-refractivity contribution in [3.05, 3.63) is 22.4 Å². The van der Waals surface area contributed by atoms with Crippen LogP contribution in [0.25, 0.3) is 0 Å². The van der Waals surface area contributed by atoms with Gasteiger partial charge in [-0.3, -0.25) is 0 Å². The van der Waals surface area contributed by atoms with Crippen LogP contribution < -0.4 is 10.6 Å². The van der Waals surface area contributed by atoms with Crippen LogP contribution in [-0.4, -0.2) is 19.6 Å². The molecule has 1 aromatic rings. The van der Waals surface area contributed by atoms with E-state index in [-0.39, 0.29) is 6.03 Å². The number of rotatable bonds is 3. The molecule has 1 heterocycles. The SMILES string of the molecule is CNC(=O)NCCc1cccs1. The summed E-state index contributed by atoms with van der Waals surface area (Å²) in [5.41, 5.74) is 0. The standard InChI is InChI=1S/C8H12N2OS/c1-9-8(11)10-5-4-7-3-2-6-12-7/h2-3,6H,4-5H2,1H3,(H2,9,10,11). The molecule has 0 aliphatic rings. The third kappa shape index (κ3) is 2.92. The molecular weight excluding hydrogens is 172 g/mol. The van der Waals surface area contributed by atoms with Crippen LogP contribution >= 0.6 is 11.3 Å². The zero-order valence-electron chi connectivity index (χ0n) is 6.96. The molecule has 2 N–H and O–H groups in total. The number of amides is 2. The van der Waals surface area contributed by atoms with Gasteiger partial charge < -0.3 is 10.6 Å². The van der Waals surface area contributed by atoms with Gasteiger partial charge in [-0.05, 0) is 17.9 Å². The van der Waals surface area contributed by atoms with E-state index in [0.717, 1.165) is 6.42 Å². The molecule has 1 rings (SSSR count). The number of urea groups is 1. The molecule has 4 heteroatoms. The summed E-state index contributed by atoms with van der Waals surface area (Å²) >= 11 is 1.71. The van der Waals surface area contributed by atoms with E-state index >= 15 is 0 Å². The van der Waals surface area contributed by atoms with Gasteiger partial charge in [-0.1, -0.05) is 6.07 Å². The van der Waals surface area contributed by atoms with Crippen molar-refractivity contribution in [2.24, 2.45) is 0 Å². The van der Waals surface area contributed by atoms with Crippen LogP contribution in [0.1, 0.15) is 4.88 Å². The molecule has 1 aromatic heterocycles. The van der Waals surface area contributed by atoms with Crippen molar-refractivity contribution in [1.29, 1.82) is 0 Å². The molecule has 0 aromatic carbocycles. The second kappa shape index (κ2) is 4.77. The van der Waals surface area contributed by atoms with Gasteiger partial charge in [-0.25, -0.2) is 4.79 Å². The molecule has 2 amide bonds. The molecule has 0 atom stereocenters. The highest BCUT2D eigenvalue weighted by Gasteiger charge is 1.96. The van der Waals surface area contributed by atoms with Gasteiger partial charge in [0.25, 0.3) is 0 Å². The first kappa shape index (κ1) is 9.06. The minimum atomic E-state index is -0.119. The first-order valence-corrected chi connectivity index (χ1v) is 4.69. The van der Waals surface area contributed by atoms with Crippen molar-refractivity contribution < 1.29 is 4.79 Å². The maximum absolute atomic E-state index is 10.7. The third-order valence-corrected chi connectivity index (χ3v) is 2.40. The summed E-state index contributed by atoms with van der Waals surface area (Å²) in [5.74, 6) is 0. The predicted octanol–water partition coefficient (Wildman–Crippen LogP) is 1.22. The normalized spacial score (nSPS) is 9.42. The van der Waals surface area contributed by atoms with Crippen LogP contribution in [-0.2, 0) is 6.42 Å². The Morgan fingerprint density at radius 2 is 2.50 bits per heavy atom. The van der Waals surface area contributed by atoms with Crippen LogP contribution in [0.3, 0.4) is 0 Å². The van der Waals surface area contributed by atoms with E-state index < -0.39 is 0 Å². The molecule has 0 aliphatic heterocycles. The zero-order chi connectivity index (χ0) is 8.81. The van der Waals surface area contributed by atoms with Crippen LogP contribution in [0, 0.1) is 0 Å². The molecule has 0 spiro atoms. The van der Waals surface area contributed by atoms with E-state index in [1.807, 2.05) is 11.4 Å². The topological polar surface area (TPSA) is 41.1 Å². The highest BCUT2D eigenvalue weighted by molar-refractivity contribution is 7.09. The van der Waals surface area contributed by atoms with Crippen molar-refractivity contribution in [2.45, 2.75) is 6.42 Å². The summed E-state index contributed by atoms with van der Waals surface area (Å²) in [6, 6.07) is 3.96. The molecule has 0 saturated carbocycles. The number of hydrogen-bond acceptors (Lipinski definition) is 2. The average molecular weight is 184 g/mol. The number of nitrogens with one attached hydrogen (secondary N) is 2. The maximum atomic E-state index is 10.7. The molecule has 0 unspecified atom stereocenters. The number of carbonyl (C=O) groups excluding carboxylic acids is 1. The molecule has 3 nitrogen and oxygen atoms in total. The molecule has 0 aliphatic carbocycles. The maximum Gasteiger partial charge on any atom is 0.314 e. The minimum absolute atomic E-state index is 0.119. The molecule has 12 heavy (non-hydrogen) atoms. The fraction of sp³-hybridized carbons (Fsp3) is 0.375. The highest BCUT2D eigenvalue weighted by atomic mass is 32.1. The second-order valence-corrected chi connectivity index (χ2v) is 3.37. The largest absolute Gasteiger partial charge is 0.341 e. The van der Waals surface area contributed by atoms with Gasteiger partial charge in [0.1, 0.15) is 0 Å². The smallest absolute Gasteiger partial charge is 0.314 e. The number of thiophene rings is 1. The zero-order valence-corrected chi connectivity index (χ0v) is 7.78. The molecular formula is C8H12N2OS. The molecule has 66 valence electrons. The van der Waals surface area contributed by atoms with E-state index in [0.29, 0.717) is 6.54 Å². The van der Waals surface area contributed by atoms with Crippen molar-refractivity contribution in [1.82, 2.24) is 10.6 Å². The van der Waals surface area contributed by atoms with Crippen LogP contribution in [0.5, 0.6) is 0 Å². The Balaban J connectivity index is 2.15. The van der Waals surface area contributed by atoms with Crippen molar-refractivity contribution in [3.63, 3.8) is 0 Å². The summed E-state index contributed by atoms with van der Waals surface area (Å²) in [7, 11) is 1.61. The Morgan fingerprint density at radius 3 is 3.08 bits per heavy atom. The van der Waals surface area contributed by atoms with Crippen molar-refractivity contribution in [3.8, 4) is 0 Å². The van der Waals surface area contributed by atoms with Crippen molar-refractivity contribution >= 4 is 17.4 Å². The summed E-state index contributed by atoms with van der Waals surface area (Å²) in [6.07, 6.45) is 0.908. The lowest BCUT2D eigenvalue weighted by Gasteiger charge is -2.01. The Kier molecular flexibility index (Phi) is 3.60. The van der Waals surface area contributed by atoms with Gasteiger partial charge in [-0.15, -0.1) is 11.3 Å². The van der Waals surface area contributed by atoms with E-state index in [1.54, 1.807) is 18.4 Å². The summed E-state index contributed by atoms with van der Waals surface area (Å²) in [5, 5.41) is 7.26. The minimum Gasteiger partial charge on any atom is -0.341 e. The molecule has 0 radical (unpaired) electrons. The van der Waals surface area contributed by atoms with Gasteiger partial charge in [0.2, 0.25) is 0 Å². The summed E-state index contributed by atoms with van der Waals surface area (Å²) in [4.78, 5) is 12.0. The van der Waals surface area contributed by atoms with Gasteiger partial charge in [0, 0.05) is 18.5 Å². The average Bonchev–Trinajstić information content (AvgIpc) is 2.57. The Labute approximate surface area is 75.8 Å². The van der Waals surface area contributed by atoms with Crippen molar-refractivity contribution in [2.75, 3.05) is 13.6 Å². The summed E-state index contributed by atoms with van der Waals surface area (Å²) in [6.45, 7) is 0.695. The molecule has 0 saturated heterocycles. The van der Waals surface area contributed by atoms with E-state index in [9.17, 15) is 4.79 Å². The van der Waals surface area contributed by atoms with Crippen LogP contribution in [0.2, 0.25) is 0 Å². The fourth-order valence-corrected chi connectivity index (χ4v) is 1.55. The van der Waals surface area contributed by atoms with E-state index in [2.05, 4.69) is 16.7 Å². The molecule has 0 bridgehead atoms. The Hall–Kier alpha value is -1.03. The second-order valence-electron chi connectivity index (χ2n) is 2.34. The lowest BCUT2D eigenvalue weighted by atomic mass is 10.3. The number of carbonyl (C=O) groups is 1. The monoisotopic (exact) mass is 184 g/mol. The van der Waals surface area contributed by atoms with E-state index in [1.165, 1.54) is 4.88 Å². The lowest BCUT2D eigenvalue weighted by Crippen LogP contribution is -2.33. The first-order valence-electron chi connectivity index (χ1n) is 3.81. The Bertz CT molecular complexity index is 233. The predicted molar refractivity (Wildman–Crippen MR) is 50.5 cm³/mol. The number of hydrogen-bond donors (Lipinski definition) is 2. The van der Waals surface area contributed by atoms with Crippen LogP contribution in [0.15, 0.2) is 17.5 Å². The van der Waals surface area contributed by atoms with Gasteiger partial charge in [0.15, 0.2) is 0 Å². The first-order chi connectivity index (χ1) is 5.83. The Morgan fingerprint density at radius 1 is 1.67 bits per heavy atom. The summed E-state index contributed by atoms with van der Waals surface area (Å²) < 4.78 is 0. The highest BCUT2D eigenvalue weighted by Crippen LogP contribution is 2.07.